The van der Waals surface area contributed by atoms with Crippen molar-refractivity contribution in [1.29, 1.82) is 0 Å². The SMILES string of the molecule is CCCNC(=O)CNS(=O)(=O)c1cccnc1NCCC. The van der Waals surface area contributed by atoms with Gasteiger partial charge in [0.1, 0.15) is 10.7 Å². The maximum atomic E-state index is 12.2. The number of hydrogen-bond donors (Lipinski definition) is 3. The Morgan fingerprint density at radius 3 is 2.62 bits per heavy atom. The molecule has 21 heavy (non-hydrogen) atoms. The minimum absolute atomic E-state index is 0.0433. The van der Waals surface area contributed by atoms with E-state index in [4.69, 9.17) is 0 Å². The fourth-order valence-electron chi connectivity index (χ4n) is 1.55. The molecule has 0 fully saturated rings. The normalized spacial score (nSPS) is 11.1. The summed E-state index contributed by atoms with van der Waals surface area (Å²) < 4.78 is 26.7. The fourth-order valence-corrected chi connectivity index (χ4v) is 2.66. The third-order valence-corrected chi connectivity index (χ3v) is 4.03. The van der Waals surface area contributed by atoms with Gasteiger partial charge in [-0.15, -0.1) is 0 Å². The van der Waals surface area contributed by atoms with Crippen molar-refractivity contribution in [3.8, 4) is 0 Å². The molecule has 1 amide bonds. The van der Waals surface area contributed by atoms with E-state index < -0.39 is 10.0 Å². The number of carbonyl (C=O) groups is 1. The Hall–Kier alpha value is -1.67. The van der Waals surface area contributed by atoms with E-state index in [2.05, 4.69) is 20.3 Å². The first-order valence-electron chi connectivity index (χ1n) is 6.96. The number of pyridine rings is 1. The number of rotatable bonds is 9. The van der Waals surface area contributed by atoms with Gasteiger partial charge < -0.3 is 10.6 Å². The molecule has 0 atom stereocenters. The maximum Gasteiger partial charge on any atom is 0.244 e. The van der Waals surface area contributed by atoms with E-state index in [1.54, 1.807) is 6.07 Å². The van der Waals surface area contributed by atoms with Gasteiger partial charge in [-0.3, -0.25) is 4.79 Å². The van der Waals surface area contributed by atoms with Gasteiger partial charge in [-0.25, -0.2) is 18.1 Å². The summed E-state index contributed by atoms with van der Waals surface area (Å²) in [4.78, 5) is 15.5. The van der Waals surface area contributed by atoms with Gasteiger partial charge >= 0.3 is 0 Å². The van der Waals surface area contributed by atoms with Crippen LogP contribution in [0.3, 0.4) is 0 Å². The fraction of sp³-hybridized carbons (Fsp3) is 0.538. The summed E-state index contributed by atoms with van der Waals surface area (Å²) in [6.07, 6.45) is 3.17. The van der Waals surface area contributed by atoms with Gasteiger partial charge in [-0.2, -0.15) is 0 Å². The monoisotopic (exact) mass is 314 g/mol. The molecule has 0 unspecified atom stereocenters. The van der Waals surface area contributed by atoms with E-state index in [9.17, 15) is 13.2 Å². The molecular weight excluding hydrogens is 292 g/mol. The van der Waals surface area contributed by atoms with E-state index in [-0.39, 0.29) is 17.3 Å². The van der Waals surface area contributed by atoms with Gasteiger partial charge in [-0.05, 0) is 25.0 Å². The third kappa shape index (κ3) is 5.68. The van der Waals surface area contributed by atoms with Crippen molar-refractivity contribution in [1.82, 2.24) is 15.0 Å². The van der Waals surface area contributed by atoms with Crippen molar-refractivity contribution in [3.05, 3.63) is 18.3 Å². The summed E-state index contributed by atoms with van der Waals surface area (Å²) in [5.41, 5.74) is 0. The first kappa shape index (κ1) is 17.4. The van der Waals surface area contributed by atoms with Crippen LogP contribution in [0.4, 0.5) is 5.82 Å². The van der Waals surface area contributed by atoms with Crippen LogP contribution in [0, 0.1) is 0 Å². The first-order valence-corrected chi connectivity index (χ1v) is 8.44. The van der Waals surface area contributed by atoms with Gasteiger partial charge in [-0.1, -0.05) is 13.8 Å². The van der Waals surface area contributed by atoms with Crippen molar-refractivity contribution in [3.63, 3.8) is 0 Å². The van der Waals surface area contributed by atoms with E-state index in [0.717, 1.165) is 12.8 Å². The molecule has 3 N–H and O–H groups in total. The average Bonchev–Trinajstić information content (AvgIpc) is 2.49. The lowest BCUT2D eigenvalue weighted by Crippen LogP contribution is -2.37. The summed E-state index contributed by atoms with van der Waals surface area (Å²) in [6.45, 7) is 4.75. The number of sulfonamides is 1. The molecule has 1 aromatic rings. The van der Waals surface area contributed by atoms with Gasteiger partial charge in [0.05, 0.1) is 6.54 Å². The lowest BCUT2D eigenvalue weighted by atomic mass is 10.4. The number of anilines is 1. The number of amides is 1. The Morgan fingerprint density at radius 1 is 1.24 bits per heavy atom. The summed E-state index contributed by atoms with van der Waals surface area (Å²) in [6, 6.07) is 3.00. The summed E-state index contributed by atoms with van der Waals surface area (Å²) in [7, 11) is -3.78. The summed E-state index contributed by atoms with van der Waals surface area (Å²) in [5.74, 6) is -0.0619. The third-order valence-electron chi connectivity index (χ3n) is 2.60. The number of aromatic nitrogens is 1. The van der Waals surface area contributed by atoms with Crippen LogP contribution in [0.15, 0.2) is 23.2 Å². The predicted octanol–water partition coefficient (Wildman–Crippen LogP) is 0.708. The van der Waals surface area contributed by atoms with Crippen molar-refractivity contribution >= 4 is 21.7 Å². The molecule has 0 spiro atoms. The van der Waals surface area contributed by atoms with E-state index in [1.165, 1.54) is 12.3 Å². The molecule has 0 saturated carbocycles. The molecule has 0 aliphatic carbocycles. The Kier molecular flexibility index (Phi) is 7.10. The van der Waals surface area contributed by atoms with Crippen LogP contribution in [0.25, 0.3) is 0 Å². The zero-order valence-electron chi connectivity index (χ0n) is 12.3. The zero-order chi connectivity index (χ0) is 15.7. The first-order chi connectivity index (χ1) is 10.0. The molecule has 0 aliphatic rings. The second-order valence-corrected chi connectivity index (χ2v) is 6.19. The van der Waals surface area contributed by atoms with Crippen molar-refractivity contribution in [2.24, 2.45) is 0 Å². The topological polar surface area (TPSA) is 100 Å². The molecule has 0 bridgehead atoms. The molecular formula is C13H22N4O3S. The quantitative estimate of drug-likeness (QED) is 0.623. The molecule has 0 radical (unpaired) electrons. The highest BCUT2D eigenvalue weighted by atomic mass is 32.2. The number of carbonyl (C=O) groups excluding carboxylic acids is 1. The molecule has 0 aliphatic heterocycles. The lowest BCUT2D eigenvalue weighted by Gasteiger charge is -2.11. The number of nitrogens with zero attached hydrogens (tertiary/aromatic N) is 1. The van der Waals surface area contributed by atoms with Crippen LogP contribution >= 0.6 is 0 Å². The summed E-state index contributed by atoms with van der Waals surface area (Å²) in [5, 5.41) is 5.57. The Balaban J connectivity index is 2.76. The van der Waals surface area contributed by atoms with Crippen molar-refractivity contribution in [2.75, 3.05) is 25.0 Å². The maximum absolute atomic E-state index is 12.2. The molecule has 118 valence electrons. The molecule has 1 aromatic heterocycles. The largest absolute Gasteiger partial charge is 0.369 e. The van der Waals surface area contributed by atoms with E-state index in [1.807, 2.05) is 13.8 Å². The van der Waals surface area contributed by atoms with Crippen LogP contribution in [0.2, 0.25) is 0 Å². The van der Waals surface area contributed by atoms with Crippen LogP contribution in [0.1, 0.15) is 26.7 Å². The minimum atomic E-state index is -3.78. The molecule has 0 saturated heterocycles. The van der Waals surface area contributed by atoms with Crippen molar-refractivity contribution in [2.45, 2.75) is 31.6 Å². The molecule has 1 rings (SSSR count). The van der Waals surface area contributed by atoms with E-state index >= 15 is 0 Å². The number of nitrogens with one attached hydrogen (secondary N) is 3. The second kappa shape index (κ2) is 8.58. The van der Waals surface area contributed by atoms with Crippen LogP contribution < -0.4 is 15.4 Å². The lowest BCUT2D eigenvalue weighted by molar-refractivity contribution is -0.119. The summed E-state index contributed by atoms with van der Waals surface area (Å²) >= 11 is 0. The molecule has 1 heterocycles. The van der Waals surface area contributed by atoms with Gasteiger partial charge in [0.25, 0.3) is 0 Å². The van der Waals surface area contributed by atoms with Gasteiger partial charge in [0.2, 0.25) is 15.9 Å². The van der Waals surface area contributed by atoms with E-state index in [0.29, 0.717) is 18.9 Å². The van der Waals surface area contributed by atoms with Crippen molar-refractivity contribution < 1.29 is 13.2 Å². The molecule has 8 heteroatoms. The number of hydrogen-bond acceptors (Lipinski definition) is 5. The van der Waals surface area contributed by atoms with Gasteiger partial charge in [0, 0.05) is 19.3 Å². The average molecular weight is 314 g/mol. The Labute approximate surface area is 125 Å². The van der Waals surface area contributed by atoms with Crippen LogP contribution in [-0.2, 0) is 14.8 Å². The predicted molar refractivity (Wildman–Crippen MR) is 81.5 cm³/mol. The smallest absolute Gasteiger partial charge is 0.244 e. The highest BCUT2D eigenvalue weighted by molar-refractivity contribution is 7.89. The highest BCUT2D eigenvalue weighted by Crippen LogP contribution is 2.17. The zero-order valence-corrected chi connectivity index (χ0v) is 13.2. The second-order valence-electron chi connectivity index (χ2n) is 4.45. The molecule has 7 nitrogen and oxygen atoms in total. The Morgan fingerprint density at radius 2 is 1.95 bits per heavy atom. The molecule has 0 aromatic carbocycles. The standard InChI is InChI=1S/C13H22N4O3S/c1-3-7-14-12(18)10-17-21(19,20)11-6-5-9-16-13(11)15-8-4-2/h5-6,9,17H,3-4,7-8,10H2,1-2H3,(H,14,18)(H,15,16). The van der Waals surface area contributed by atoms with Crippen LogP contribution in [-0.4, -0.2) is 38.9 Å². The Bertz CT molecular complexity index is 560. The highest BCUT2D eigenvalue weighted by Gasteiger charge is 2.19. The minimum Gasteiger partial charge on any atom is -0.369 e. The van der Waals surface area contributed by atoms with Crippen LogP contribution in [0.5, 0.6) is 0 Å². The van der Waals surface area contributed by atoms with Gasteiger partial charge in [0.15, 0.2) is 0 Å².